The van der Waals surface area contributed by atoms with Gasteiger partial charge in [0.2, 0.25) is 0 Å². The van der Waals surface area contributed by atoms with Gasteiger partial charge < -0.3 is 10.5 Å². The summed E-state index contributed by atoms with van der Waals surface area (Å²) in [5.41, 5.74) is 9.59. The summed E-state index contributed by atoms with van der Waals surface area (Å²) < 4.78 is 6.05. The Morgan fingerprint density at radius 3 is 2.17 bits per heavy atom. The molecule has 2 nitrogen and oxygen atoms in total. The van der Waals surface area contributed by atoms with Crippen LogP contribution >= 0.6 is 0 Å². The molecule has 18 heavy (non-hydrogen) atoms. The van der Waals surface area contributed by atoms with Crippen molar-refractivity contribution < 1.29 is 4.74 Å². The maximum atomic E-state index is 6.05. The Morgan fingerprint density at radius 2 is 1.72 bits per heavy atom. The number of nitrogens with two attached hydrogens (primary N) is 1. The molecule has 0 saturated carbocycles. The van der Waals surface area contributed by atoms with Gasteiger partial charge in [-0.3, -0.25) is 0 Å². The van der Waals surface area contributed by atoms with Crippen LogP contribution in [0.25, 0.3) is 0 Å². The Bertz CT molecular complexity index is 362. The average Bonchev–Trinajstić information content (AvgIpc) is 2.23. The van der Waals surface area contributed by atoms with E-state index in [0.717, 1.165) is 25.0 Å². The van der Waals surface area contributed by atoms with E-state index in [2.05, 4.69) is 39.8 Å². The van der Waals surface area contributed by atoms with Gasteiger partial charge >= 0.3 is 0 Å². The maximum absolute atomic E-state index is 6.05. The molecule has 0 aliphatic carbocycles. The van der Waals surface area contributed by atoms with E-state index in [1.807, 2.05) is 6.92 Å². The maximum Gasteiger partial charge on any atom is 0.125 e. The van der Waals surface area contributed by atoms with Crippen molar-refractivity contribution in [2.45, 2.75) is 66.0 Å². The Kier molecular flexibility index (Phi) is 5.67. The molecule has 2 unspecified atom stereocenters. The van der Waals surface area contributed by atoms with Crippen LogP contribution in [0.3, 0.4) is 0 Å². The third kappa shape index (κ3) is 4.34. The van der Waals surface area contributed by atoms with Crippen molar-refractivity contribution in [3.63, 3.8) is 0 Å². The normalized spacial score (nSPS) is 14.3. The van der Waals surface area contributed by atoms with Gasteiger partial charge in [-0.15, -0.1) is 0 Å². The minimum absolute atomic E-state index is 0.203. The Labute approximate surface area is 112 Å². The second-order valence-corrected chi connectivity index (χ2v) is 5.46. The Morgan fingerprint density at radius 1 is 1.17 bits per heavy atom. The number of ether oxygens (including phenoxy) is 1. The van der Waals surface area contributed by atoms with Gasteiger partial charge in [0.25, 0.3) is 0 Å². The standard InChI is InChI=1S/C16H27NO/c1-6-7-14(5)18-16-11(2)8-15(9-12(16)3)10-13(4)17/h8-9,13-14H,6-7,10,17H2,1-5H3. The summed E-state index contributed by atoms with van der Waals surface area (Å²) in [5.74, 6) is 1.05. The molecule has 2 atom stereocenters. The zero-order valence-electron chi connectivity index (χ0n) is 12.4. The predicted octanol–water partition coefficient (Wildman–Crippen LogP) is 3.76. The smallest absolute Gasteiger partial charge is 0.125 e. The molecule has 0 amide bonds. The first-order chi connectivity index (χ1) is 8.43. The molecule has 1 rings (SSSR count). The molecule has 2 N–H and O–H groups in total. The van der Waals surface area contributed by atoms with E-state index in [0.29, 0.717) is 0 Å². The van der Waals surface area contributed by atoms with Crippen molar-refractivity contribution in [1.82, 2.24) is 0 Å². The van der Waals surface area contributed by atoms with E-state index in [1.165, 1.54) is 16.7 Å². The number of hydrogen-bond donors (Lipinski definition) is 1. The SMILES string of the molecule is CCCC(C)Oc1c(C)cc(CC(C)N)cc1C. The van der Waals surface area contributed by atoms with Gasteiger partial charge in [-0.1, -0.05) is 25.5 Å². The van der Waals surface area contributed by atoms with Crippen LogP contribution in [-0.4, -0.2) is 12.1 Å². The molecule has 0 fully saturated rings. The molecule has 1 aromatic carbocycles. The van der Waals surface area contributed by atoms with Crippen LogP contribution in [0.2, 0.25) is 0 Å². The highest BCUT2D eigenvalue weighted by Gasteiger charge is 2.10. The van der Waals surface area contributed by atoms with Crippen LogP contribution in [-0.2, 0) is 6.42 Å². The molecular weight excluding hydrogens is 222 g/mol. The molecule has 0 heterocycles. The van der Waals surface area contributed by atoms with Gasteiger partial charge in [-0.25, -0.2) is 0 Å². The topological polar surface area (TPSA) is 35.2 Å². The van der Waals surface area contributed by atoms with Gasteiger partial charge in [-0.2, -0.15) is 0 Å². The van der Waals surface area contributed by atoms with E-state index < -0.39 is 0 Å². The largest absolute Gasteiger partial charge is 0.490 e. The fourth-order valence-corrected chi connectivity index (χ4v) is 2.38. The molecule has 2 heteroatoms. The highest BCUT2D eigenvalue weighted by molar-refractivity contribution is 5.43. The molecule has 0 aromatic heterocycles. The molecule has 1 aromatic rings. The van der Waals surface area contributed by atoms with Crippen LogP contribution in [0.15, 0.2) is 12.1 Å². The van der Waals surface area contributed by atoms with Crippen LogP contribution in [0.4, 0.5) is 0 Å². The number of aryl methyl sites for hydroxylation is 2. The molecule has 0 bridgehead atoms. The minimum Gasteiger partial charge on any atom is -0.490 e. The van der Waals surface area contributed by atoms with Crippen molar-refractivity contribution >= 4 is 0 Å². The second-order valence-electron chi connectivity index (χ2n) is 5.46. The zero-order chi connectivity index (χ0) is 13.7. The van der Waals surface area contributed by atoms with E-state index in [1.54, 1.807) is 0 Å². The highest BCUT2D eigenvalue weighted by atomic mass is 16.5. The van der Waals surface area contributed by atoms with Crippen molar-refractivity contribution in [2.24, 2.45) is 5.73 Å². The third-order valence-electron chi connectivity index (χ3n) is 3.09. The summed E-state index contributed by atoms with van der Waals surface area (Å²) >= 11 is 0. The van der Waals surface area contributed by atoms with Crippen LogP contribution < -0.4 is 10.5 Å². The van der Waals surface area contributed by atoms with Gasteiger partial charge in [0.05, 0.1) is 6.10 Å². The summed E-state index contributed by atoms with van der Waals surface area (Å²) in [6.07, 6.45) is 3.46. The fourth-order valence-electron chi connectivity index (χ4n) is 2.38. The van der Waals surface area contributed by atoms with Crippen molar-refractivity contribution in [1.29, 1.82) is 0 Å². The predicted molar refractivity (Wildman–Crippen MR) is 78.3 cm³/mol. The lowest BCUT2D eigenvalue weighted by molar-refractivity contribution is 0.207. The van der Waals surface area contributed by atoms with Crippen LogP contribution in [0, 0.1) is 13.8 Å². The highest BCUT2D eigenvalue weighted by Crippen LogP contribution is 2.27. The lowest BCUT2D eigenvalue weighted by Gasteiger charge is -2.19. The van der Waals surface area contributed by atoms with Crippen LogP contribution in [0.5, 0.6) is 5.75 Å². The lowest BCUT2D eigenvalue weighted by atomic mass is 10.0. The van der Waals surface area contributed by atoms with Gasteiger partial charge in [-0.05, 0) is 57.2 Å². The van der Waals surface area contributed by atoms with E-state index >= 15 is 0 Å². The van der Waals surface area contributed by atoms with Crippen molar-refractivity contribution in [3.05, 3.63) is 28.8 Å². The monoisotopic (exact) mass is 249 g/mol. The van der Waals surface area contributed by atoms with E-state index in [4.69, 9.17) is 10.5 Å². The first kappa shape index (κ1) is 15.0. The quantitative estimate of drug-likeness (QED) is 0.833. The van der Waals surface area contributed by atoms with E-state index in [9.17, 15) is 0 Å². The fraction of sp³-hybridized carbons (Fsp3) is 0.625. The molecular formula is C16H27NO. The number of benzene rings is 1. The molecule has 0 aliphatic rings. The molecule has 0 aliphatic heterocycles. The third-order valence-corrected chi connectivity index (χ3v) is 3.09. The van der Waals surface area contributed by atoms with Gasteiger partial charge in [0.15, 0.2) is 0 Å². The first-order valence-electron chi connectivity index (χ1n) is 6.96. The molecule has 102 valence electrons. The zero-order valence-corrected chi connectivity index (χ0v) is 12.4. The minimum atomic E-state index is 0.203. The first-order valence-corrected chi connectivity index (χ1v) is 6.96. The van der Waals surface area contributed by atoms with E-state index in [-0.39, 0.29) is 12.1 Å². The molecule has 0 spiro atoms. The summed E-state index contributed by atoms with van der Waals surface area (Å²) in [5, 5.41) is 0. The summed E-state index contributed by atoms with van der Waals surface area (Å²) in [4.78, 5) is 0. The summed E-state index contributed by atoms with van der Waals surface area (Å²) in [6.45, 7) is 10.6. The van der Waals surface area contributed by atoms with Gasteiger partial charge in [0.1, 0.15) is 5.75 Å². The number of hydrogen-bond acceptors (Lipinski definition) is 2. The number of rotatable bonds is 6. The molecule has 0 radical (unpaired) electrons. The molecule has 0 saturated heterocycles. The summed E-state index contributed by atoms with van der Waals surface area (Å²) in [7, 11) is 0. The Hall–Kier alpha value is -1.02. The average molecular weight is 249 g/mol. The summed E-state index contributed by atoms with van der Waals surface area (Å²) in [6, 6.07) is 4.60. The van der Waals surface area contributed by atoms with Gasteiger partial charge in [0, 0.05) is 6.04 Å². The van der Waals surface area contributed by atoms with Crippen molar-refractivity contribution in [2.75, 3.05) is 0 Å². The lowest BCUT2D eigenvalue weighted by Crippen LogP contribution is -2.18. The Balaban J connectivity index is 2.87. The van der Waals surface area contributed by atoms with Crippen molar-refractivity contribution in [3.8, 4) is 5.75 Å². The van der Waals surface area contributed by atoms with Crippen LogP contribution in [0.1, 0.15) is 50.3 Å². The second kappa shape index (κ2) is 6.79.